The maximum absolute atomic E-state index is 9.83. The monoisotopic (exact) mass is 200 g/mol. The number of hydrogen-bond donors (Lipinski definition) is 2. The van der Waals surface area contributed by atoms with Gasteiger partial charge in [-0.2, -0.15) is 0 Å². The summed E-state index contributed by atoms with van der Waals surface area (Å²) in [6, 6.07) is 0.621. The molecule has 3 N–H and O–H groups in total. The van der Waals surface area contributed by atoms with E-state index in [1.54, 1.807) is 0 Å². The topological polar surface area (TPSA) is 49.5 Å². The SMILES string of the molecule is CCC(CCN)N1CCC(C)(O)CC1. The molecule has 0 aliphatic carbocycles. The molecule has 0 saturated carbocycles. The second kappa shape index (κ2) is 5.10. The van der Waals surface area contributed by atoms with Crippen LogP contribution in [0, 0.1) is 0 Å². The first kappa shape index (κ1) is 12.0. The van der Waals surface area contributed by atoms with Crippen molar-refractivity contribution in [2.24, 2.45) is 5.73 Å². The van der Waals surface area contributed by atoms with E-state index in [0.717, 1.165) is 38.9 Å². The van der Waals surface area contributed by atoms with Crippen molar-refractivity contribution in [3.8, 4) is 0 Å². The molecule has 1 heterocycles. The van der Waals surface area contributed by atoms with Crippen molar-refractivity contribution in [2.45, 2.75) is 51.2 Å². The molecular formula is C11H24N2O. The Morgan fingerprint density at radius 1 is 1.43 bits per heavy atom. The minimum absolute atomic E-state index is 0.433. The van der Waals surface area contributed by atoms with Crippen LogP contribution in [0.4, 0.5) is 0 Å². The van der Waals surface area contributed by atoms with E-state index in [9.17, 15) is 5.11 Å². The van der Waals surface area contributed by atoms with E-state index in [2.05, 4.69) is 11.8 Å². The lowest BCUT2D eigenvalue weighted by Gasteiger charge is -2.40. The molecular weight excluding hydrogens is 176 g/mol. The first-order valence-corrected chi connectivity index (χ1v) is 5.75. The van der Waals surface area contributed by atoms with Gasteiger partial charge in [0.25, 0.3) is 0 Å². The summed E-state index contributed by atoms with van der Waals surface area (Å²) < 4.78 is 0. The summed E-state index contributed by atoms with van der Waals surface area (Å²) >= 11 is 0. The van der Waals surface area contributed by atoms with Gasteiger partial charge >= 0.3 is 0 Å². The zero-order valence-electron chi connectivity index (χ0n) is 9.50. The molecule has 0 bridgehead atoms. The number of hydrogen-bond acceptors (Lipinski definition) is 3. The van der Waals surface area contributed by atoms with Crippen LogP contribution in [0.15, 0.2) is 0 Å². The zero-order valence-corrected chi connectivity index (χ0v) is 9.50. The predicted molar refractivity (Wildman–Crippen MR) is 59.2 cm³/mol. The average Bonchev–Trinajstić information content (AvgIpc) is 2.15. The fourth-order valence-corrected chi connectivity index (χ4v) is 2.21. The molecule has 0 spiro atoms. The first-order valence-electron chi connectivity index (χ1n) is 5.75. The molecule has 1 aliphatic rings. The lowest BCUT2D eigenvalue weighted by Crippen LogP contribution is -2.47. The normalized spacial score (nSPS) is 24.9. The Morgan fingerprint density at radius 2 is 2.00 bits per heavy atom. The molecule has 1 unspecified atom stereocenters. The summed E-state index contributed by atoms with van der Waals surface area (Å²) in [6.45, 7) is 6.96. The standard InChI is InChI=1S/C11H24N2O/c1-3-10(4-7-12)13-8-5-11(2,14)6-9-13/h10,14H,3-9,12H2,1-2H3. The van der Waals surface area contributed by atoms with E-state index >= 15 is 0 Å². The number of aliphatic hydroxyl groups is 1. The summed E-state index contributed by atoms with van der Waals surface area (Å²) in [5.41, 5.74) is 5.16. The van der Waals surface area contributed by atoms with E-state index in [4.69, 9.17) is 5.73 Å². The number of piperidine rings is 1. The van der Waals surface area contributed by atoms with Gasteiger partial charge in [0.15, 0.2) is 0 Å². The number of nitrogens with zero attached hydrogens (tertiary/aromatic N) is 1. The van der Waals surface area contributed by atoms with Crippen LogP contribution in [-0.2, 0) is 0 Å². The minimum Gasteiger partial charge on any atom is -0.390 e. The van der Waals surface area contributed by atoms with Crippen LogP contribution < -0.4 is 5.73 Å². The van der Waals surface area contributed by atoms with Gasteiger partial charge < -0.3 is 15.7 Å². The Hall–Kier alpha value is -0.120. The third-order valence-electron chi connectivity index (χ3n) is 3.36. The van der Waals surface area contributed by atoms with Gasteiger partial charge in [-0.3, -0.25) is 0 Å². The highest BCUT2D eigenvalue weighted by Crippen LogP contribution is 2.23. The molecule has 1 fully saturated rings. The van der Waals surface area contributed by atoms with Gasteiger partial charge in [0.1, 0.15) is 0 Å². The van der Waals surface area contributed by atoms with E-state index in [-0.39, 0.29) is 0 Å². The molecule has 0 amide bonds. The molecule has 1 rings (SSSR count). The van der Waals surface area contributed by atoms with Crippen LogP contribution in [0.2, 0.25) is 0 Å². The van der Waals surface area contributed by atoms with E-state index in [1.807, 2.05) is 6.92 Å². The van der Waals surface area contributed by atoms with Crippen LogP contribution in [0.1, 0.15) is 39.5 Å². The predicted octanol–water partition coefficient (Wildman–Crippen LogP) is 0.961. The summed E-state index contributed by atoms with van der Waals surface area (Å²) in [5.74, 6) is 0. The van der Waals surface area contributed by atoms with E-state index in [0.29, 0.717) is 6.04 Å². The van der Waals surface area contributed by atoms with Gasteiger partial charge in [-0.1, -0.05) is 6.92 Å². The molecule has 1 atom stereocenters. The second-order valence-electron chi connectivity index (χ2n) is 4.67. The average molecular weight is 200 g/mol. The minimum atomic E-state index is -0.433. The second-order valence-corrected chi connectivity index (χ2v) is 4.67. The Labute approximate surface area is 87.3 Å². The molecule has 0 aromatic heterocycles. The van der Waals surface area contributed by atoms with Gasteiger partial charge in [-0.15, -0.1) is 0 Å². The molecule has 14 heavy (non-hydrogen) atoms. The Balaban J connectivity index is 2.39. The van der Waals surface area contributed by atoms with Crippen LogP contribution in [0.5, 0.6) is 0 Å². The first-order chi connectivity index (χ1) is 6.59. The highest BCUT2D eigenvalue weighted by atomic mass is 16.3. The third-order valence-corrected chi connectivity index (χ3v) is 3.36. The molecule has 84 valence electrons. The van der Waals surface area contributed by atoms with Crippen molar-refractivity contribution >= 4 is 0 Å². The van der Waals surface area contributed by atoms with Crippen molar-refractivity contribution in [3.63, 3.8) is 0 Å². The van der Waals surface area contributed by atoms with Gasteiger partial charge in [-0.05, 0) is 39.2 Å². The molecule has 3 heteroatoms. The number of rotatable bonds is 4. The lowest BCUT2D eigenvalue weighted by atomic mass is 9.92. The number of nitrogens with two attached hydrogens (primary N) is 1. The van der Waals surface area contributed by atoms with Crippen molar-refractivity contribution in [2.75, 3.05) is 19.6 Å². The third kappa shape index (κ3) is 3.23. The highest BCUT2D eigenvalue weighted by molar-refractivity contribution is 4.84. The quantitative estimate of drug-likeness (QED) is 0.710. The van der Waals surface area contributed by atoms with Crippen molar-refractivity contribution in [1.29, 1.82) is 0 Å². The zero-order chi connectivity index (χ0) is 10.6. The maximum Gasteiger partial charge on any atom is 0.0644 e. The summed E-state index contributed by atoms with van der Waals surface area (Å²) in [6.07, 6.45) is 4.04. The van der Waals surface area contributed by atoms with Gasteiger partial charge in [0.05, 0.1) is 5.60 Å². The van der Waals surface area contributed by atoms with Gasteiger partial charge in [0, 0.05) is 19.1 Å². The maximum atomic E-state index is 9.83. The van der Waals surface area contributed by atoms with Crippen LogP contribution in [0.25, 0.3) is 0 Å². The molecule has 1 aliphatic heterocycles. The summed E-state index contributed by atoms with van der Waals surface area (Å²) in [5, 5.41) is 9.83. The summed E-state index contributed by atoms with van der Waals surface area (Å²) in [7, 11) is 0. The fourth-order valence-electron chi connectivity index (χ4n) is 2.21. The Bertz CT molecular complexity index is 161. The highest BCUT2D eigenvalue weighted by Gasteiger charge is 2.29. The van der Waals surface area contributed by atoms with Crippen molar-refractivity contribution < 1.29 is 5.11 Å². The van der Waals surface area contributed by atoms with Crippen LogP contribution in [-0.4, -0.2) is 41.3 Å². The number of likely N-dealkylation sites (tertiary alicyclic amines) is 1. The molecule has 3 nitrogen and oxygen atoms in total. The molecule has 0 aromatic carbocycles. The van der Waals surface area contributed by atoms with Gasteiger partial charge in [-0.25, -0.2) is 0 Å². The smallest absolute Gasteiger partial charge is 0.0644 e. The van der Waals surface area contributed by atoms with E-state index < -0.39 is 5.60 Å². The van der Waals surface area contributed by atoms with Crippen molar-refractivity contribution in [1.82, 2.24) is 4.90 Å². The van der Waals surface area contributed by atoms with Gasteiger partial charge in [0.2, 0.25) is 0 Å². The Kier molecular flexibility index (Phi) is 4.35. The summed E-state index contributed by atoms with van der Waals surface area (Å²) in [4.78, 5) is 2.48. The Morgan fingerprint density at radius 3 is 2.43 bits per heavy atom. The molecule has 0 aromatic rings. The van der Waals surface area contributed by atoms with Crippen LogP contribution >= 0.6 is 0 Å². The van der Waals surface area contributed by atoms with Crippen molar-refractivity contribution in [3.05, 3.63) is 0 Å². The fraction of sp³-hybridized carbons (Fsp3) is 1.00. The molecule has 1 saturated heterocycles. The lowest BCUT2D eigenvalue weighted by molar-refractivity contribution is -0.0176. The molecule has 0 radical (unpaired) electrons. The largest absolute Gasteiger partial charge is 0.390 e. The van der Waals surface area contributed by atoms with Crippen LogP contribution in [0.3, 0.4) is 0 Å². The van der Waals surface area contributed by atoms with E-state index in [1.165, 1.54) is 6.42 Å².